The zero-order chi connectivity index (χ0) is 12.5. The lowest BCUT2D eigenvalue weighted by atomic mass is 9.87. The molecule has 2 atom stereocenters. The van der Waals surface area contributed by atoms with E-state index in [0.29, 0.717) is 12.0 Å². The van der Waals surface area contributed by atoms with Gasteiger partial charge in [-0.3, -0.25) is 0 Å². The SMILES string of the molecule is C=C[C@H]1CCCN(OC)[C@@H]1CCCCCCC. The summed E-state index contributed by atoms with van der Waals surface area (Å²) in [6.07, 6.45) is 12.7. The van der Waals surface area contributed by atoms with Crippen LogP contribution in [0.2, 0.25) is 0 Å². The first kappa shape index (κ1) is 14.7. The average molecular weight is 239 g/mol. The fraction of sp³-hybridized carbons (Fsp3) is 0.867. The Labute approximate surface area is 107 Å². The minimum Gasteiger partial charge on any atom is -0.302 e. The third-order valence-corrected chi connectivity index (χ3v) is 3.92. The molecule has 1 aliphatic heterocycles. The largest absolute Gasteiger partial charge is 0.302 e. The molecule has 17 heavy (non-hydrogen) atoms. The standard InChI is InChI=1S/C15H29NO/c1-4-6-7-8-9-12-15-14(5-2)11-10-13-16(15)17-3/h5,14-15H,2,4,6-13H2,1,3H3/t14-,15+/m0/s1. The highest BCUT2D eigenvalue weighted by Crippen LogP contribution is 2.28. The molecular formula is C15H29NO. The van der Waals surface area contributed by atoms with Gasteiger partial charge in [0.15, 0.2) is 0 Å². The van der Waals surface area contributed by atoms with Crippen molar-refractivity contribution in [2.24, 2.45) is 5.92 Å². The second-order valence-corrected chi connectivity index (χ2v) is 5.14. The van der Waals surface area contributed by atoms with Crippen LogP contribution in [-0.2, 0) is 4.84 Å². The molecule has 0 saturated carbocycles. The Bertz CT molecular complexity index is 205. The van der Waals surface area contributed by atoms with Gasteiger partial charge < -0.3 is 4.84 Å². The van der Waals surface area contributed by atoms with Gasteiger partial charge in [0.05, 0.1) is 7.11 Å². The Morgan fingerprint density at radius 3 is 2.71 bits per heavy atom. The maximum absolute atomic E-state index is 5.50. The molecule has 1 heterocycles. The molecule has 0 aromatic rings. The van der Waals surface area contributed by atoms with Gasteiger partial charge in [0.25, 0.3) is 0 Å². The number of unbranched alkanes of at least 4 members (excludes halogenated alkanes) is 4. The van der Waals surface area contributed by atoms with Gasteiger partial charge >= 0.3 is 0 Å². The molecule has 0 aromatic carbocycles. The summed E-state index contributed by atoms with van der Waals surface area (Å²) in [6.45, 7) is 7.33. The van der Waals surface area contributed by atoms with Crippen molar-refractivity contribution in [1.82, 2.24) is 5.06 Å². The molecule has 1 rings (SSSR count). The van der Waals surface area contributed by atoms with E-state index in [9.17, 15) is 0 Å². The Morgan fingerprint density at radius 2 is 2.06 bits per heavy atom. The minimum absolute atomic E-state index is 0.563. The van der Waals surface area contributed by atoms with E-state index in [2.05, 4.69) is 24.6 Å². The molecule has 0 bridgehead atoms. The Balaban J connectivity index is 2.31. The van der Waals surface area contributed by atoms with E-state index < -0.39 is 0 Å². The Kier molecular flexibility index (Phi) is 7.54. The van der Waals surface area contributed by atoms with Gasteiger partial charge in [-0.1, -0.05) is 45.1 Å². The topological polar surface area (TPSA) is 12.5 Å². The van der Waals surface area contributed by atoms with Crippen LogP contribution in [0.5, 0.6) is 0 Å². The van der Waals surface area contributed by atoms with Crippen LogP contribution in [0.25, 0.3) is 0 Å². The van der Waals surface area contributed by atoms with E-state index in [1.807, 2.05) is 0 Å². The number of piperidine rings is 1. The van der Waals surface area contributed by atoms with Crippen LogP contribution >= 0.6 is 0 Å². The van der Waals surface area contributed by atoms with Crippen LogP contribution in [0.15, 0.2) is 12.7 Å². The predicted molar refractivity (Wildman–Crippen MR) is 73.8 cm³/mol. The van der Waals surface area contributed by atoms with Crippen molar-refractivity contribution in [2.45, 2.75) is 64.3 Å². The zero-order valence-electron chi connectivity index (χ0n) is 11.7. The number of hydrogen-bond acceptors (Lipinski definition) is 2. The van der Waals surface area contributed by atoms with Gasteiger partial charge in [-0.25, -0.2) is 0 Å². The molecule has 2 heteroatoms. The lowest BCUT2D eigenvalue weighted by Gasteiger charge is -2.38. The summed E-state index contributed by atoms with van der Waals surface area (Å²) in [6, 6.07) is 0.563. The van der Waals surface area contributed by atoms with Gasteiger partial charge in [0.1, 0.15) is 0 Å². The second-order valence-electron chi connectivity index (χ2n) is 5.14. The molecule has 100 valence electrons. The highest BCUT2D eigenvalue weighted by molar-refractivity contribution is 4.91. The first-order chi connectivity index (χ1) is 8.33. The summed E-state index contributed by atoms with van der Waals surface area (Å²) in [5.74, 6) is 0.620. The summed E-state index contributed by atoms with van der Waals surface area (Å²) >= 11 is 0. The monoisotopic (exact) mass is 239 g/mol. The highest BCUT2D eigenvalue weighted by Gasteiger charge is 2.29. The molecule has 2 nitrogen and oxygen atoms in total. The molecule has 0 radical (unpaired) electrons. The van der Waals surface area contributed by atoms with Crippen LogP contribution in [0.3, 0.4) is 0 Å². The third kappa shape index (κ3) is 4.81. The maximum atomic E-state index is 5.50. The fourth-order valence-electron chi connectivity index (χ4n) is 2.87. The minimum atomic E-state index is 0.563. The van der Waals surface area contributed by atoms with Crippen molar-refractivity contribution in [3.8, 4) is 0 Å². The van der Waals surface area contributed by atoms with Crippen molar-refractivity contribution < 1.29 is 4.84 Å². The van der Waals surface area contributed by atoms with Crippen LogP contribution < -0.4 is 0 Å². The molecule has 0 aliphatic carbocycles. The molecular weight excluding hydrogens is 210 g/mol. The third-order valence-electron chi connectivity index (χ3n) is 3.92. The normalized spacial score (nSPS) is 26.0. The number of hydroxylamine groups is 2. The van der Waals surface area contributed by atoms with Crippen LogP contribution in [0.1, 0.15) is 58.3 Å². The summed E-state index contributed by atoms with van der Waals surface area (Å²) in [7, 11) is 1.80. The summed E-state index contributed by atoms with van der Waals surface area (Å²) in [5, 5.41) is 2.18. The molecule has 1 aliphatic rings. The first-order valence-corrected chi connectivity index (χ1v) is 7.26. The van der Waals surface area contributed by atoms with Crippen molar-refractivity contribution >= 4 is 0 Å². The van der Waals surface area contributed by atoms with Gasteiger partial charge in [-0.05, 0) is 25.2 Å². The van der Waals surface area contributed by atoms with Gasteiger partial charge in [-0.15, -0.1) is 6.58 Å². The van der Waals surface area contributed by atoms with E-state index in [4.69, 9.17) is 4.84 Å². The highest BCUT2D eigenvalue weighted by atomic mass is 16.7. The van der Waals surface area contributed by atoms with Crippen LogP contribution in [0.4, 0.5) is 0 Å². The molecule has 0 spiro atoms. The van der Waals surface area contributed by atoms with Crippen LogP contribution in [-0.4, -0.2) is 24.8 Å². The van der Waals surface area contributed by atoms with E-state index >= 15 is 0 Å². The molecule has 0 unspecified atom stereocenters. The smallest absolute Gasteiger partial charge is 0.0575 e. The Hall–Kier alpha value is -0.340. The molecule has 1 fully saturated rings. The first-order valence-electron chi connectivity index (χ1n) is 7.26. The summed E-state index contributed by atoms with van der Waals surface area (Å²) < 4.78 is 0. The van der Waals surface area contributed by atoms with Gasteiger partial charge in [-0.2, -0.15) is 5.06 Å². The van der Waals surface area contributed by atoms with Crippen molar-refractivity contribution in [3.63, 3.8) is 0 Å². The lowest BCUT2D eigenvalue weighted by Crippen LogP contribution is -2.43. The van der Waals surface area contributed by atoms with Gasteiger partial charge in [0, 0.05) is 12.6 Å². The predicted octanol–water partition coefficient (Wildman–Crippen LogP) is 4.17. The van der Waals surface area contributed by atoms with Crippen LogP contribution in [0, 0.1) is 5.92 Å². The maximum Gasteiger partial charge on any atom is 0.0575 e. The number of rotatable bonds is 8. The number of nitrogens with zero attached hydrogens (tertiary/aromatic N) is 1. The quantitative estimate of drug-likeness (QED) is 0.465. The zero-order valence-corrected chi connectivity index (χ0v) is 11.7. The molecule has 0 amide bonds. The number of hydrogen-bond donors (Lipinski definition) is 0. The summed E-state index contributed by atoms with van der Waals surface area (Å²) in [5.41, 5.74) is 0. The fourth-order valence-corrected chi connectivity index (χ4v) is 2.87. The second kappa shape index (κ2) is 8.71. The molecule has 0 aromatic heterocycles. The van der Waals surface area contributed by atoms with Gasteiger partial charge in [0.2, 0.25) is 0 Å². The molecule has 0 N–H and O–H groups in total. The van der Waals surface area contributed by atoms with E-state index in [1.54, 1.807) is 7.11 Å². The Morgan fingerprint density at radius 1 is 1.29 bits per heavy atom. The lowest BCUT2D eigenvalue weighted by molar-refractivity contribution is -0.185. The van der Waals surface area contributed by atoms with Crippen molar-refractivity contribution in [2.75, 3.05) is 13.7 Å². The van der Waals surface area contributed by atoms with Crippen molar-refractivity contribution in [3.05, 3.63) is 12.7 Å². The van der Waals surface area contributed by atoms with Crippen molar-refractivity contribution in [1.29, 1.82) is 0 Å². The average Bonchev–Trinajstić information content (AvgIpc) is 2.38. The summed E-state index contributed by atoms with van der Waals surface area (Å²) in [4.78, 5) is 5.50. The molecule has 1 saturated heterocycles. The van der Waals surface area contributed by atoms with E-state index in [1.165, 1.54) is 51.4 Å². The van der Waals surface area contributed by atoms with E-state index in [0.717, 1.165) is 6.54 Å². The van der Waals surface area contributed by atoms with E-state index in [-0.39, 0.29) is 0 Å².